The van der Waals surface area contributed by atoms with E-state index in [0.717, 1.165) is 12.2 Å². The molecule has 2 aromatic heterocycles. The first-order valence-electron chi connectivity index (χ1n) is 7.67. The van der Waals surface area contributed by atoms with E-state index < -0.39 is 4.92 Å². The largest absolute Gasteiger partial charge is 0.466 e. The second-order valence-corrected chi connectivity index (χ2v) is 5.87. The van der Waals surface area contributed by atoms with Crippen LogP contribution in [0.4, 0.5) is 11.5 Å². The van der Waals surface area contributed by atoms with Crippen LogP contribution in [0.3, 0.4) is 0 Å². The van der Waals surface area contributed by atoms with E-state index in [2.05, 4.69) is 10.3 Å². The Morgan fingerprint density at radius 1 is 1.46 bits per heavy atom. The number of nitro groups is 1. The number of pyridine rings is 1. The molecule has 1 atom stereocenters. The molecule has 126 valence electrons. The summed E-state index contributed by atoms with van der Waals surface area (Å²) in [4.78, 5) is 28.5. The highest BCUT2D eigenvalue weighted by atomic mass is 16.6. The van der Waals surface area contributed by atoms with Gasteiger partial charge in [0, 0.05) is 25.2 Å². The molecule has 0 spiro atoms. The number of aromatic nitrogens is 1. The number of hydrogen-bond donors (Lipinski definition) is 1. The standard InChI is InChI=1S/C16H18N4O4/c1-10-7-14(11(2)24-10)16(21)19-6-5-12(9-19)18-15-4-3-13(8-17-15)20(22)23/h3-4,7-8,12H,5-6,9H2,1-2H3,(H,17,18). The minimum absolute atomic E-state index is 0.0368. The van der Waals surface area contributed by atoms with Crippen LogP contribution in [0.1, 0.15) is 28.3 Å². The number of carbonyl (C=O) groups is 1. The molecule has 8 heteroatoms. The van der Waals surface area contributed by atoms with Crippen molar-refractivity contribution in [1.29, 1.82) is 0 Å². The maximum Gasteiger partial charge on any atom is 0.287 e. The summed E-state index contributed by atoms with van der Waals surface area (Å²) in [6, 6.07) is 4.81. The first kappa shape index (κ1) is 16.0. The fourth-order valence-corrected chi connectivity index (χ4v) is 2.86. The lowest BCUT2D eigenvalue weighted by Crippen LogP contribution is -2.31. The van der Waals surface area contributed by atoms with Gasteiger partial charge >= 0.3 is 0 Å². The fourth-order valence-electron chi connectivity index (χ4n) is 2.86. The van der Waals surface area contributed by atoms with Gasteiger partial charge in [0.05, 0.1) is 10.5 Å². The third-order valence-electron chi connectivity index (χ3n) is 4.06. The minimum Gasteiger partial charge on any atom is -0.466 e. The summed E-state index contributed by atoms with van der Waals surface area (Å²) in [7, 11) is 0. The molecule has 1 N–H and O–H groups in total. The molecule has 1 amide bonds. The predicted octanol–water partition coefficient (Wildman–Crippen LogP) is 2.53. The van der Waals surface area contributed by atoms with Crippen LogP contribution in [0.5, 0.6) is 0 Å². The van der Waals surface area contributed by atoms with Crippen LogP contribution < -0.4 is 5.32 Å². The average molecular weight is 330 g/mol. The maximum absolute atomic E-state index is 12.5. The predicted molar refractivity (Wildman–Crippen MR) is 87.0 cm³/mol. The van der Waals surface area contributed by atoms with Crippen molar-refractivity contribution in [1.82, 2.24) is 9.88 Å². The van der Waals surface area contributed by atoms with Crippen molar-refractivity contribution in [2.24, 2.45) is 0 Å². The molecular formula is C16H18N4O4. The van der Waals surface area contributed by atoms with Gasteiger partial charge in [-0.3, -0.25) is 14.9 Å². The van der Waals surface area contributed by atoms with Gasteiger partial charge in [-0.1, -0.05) is 0 Å². The molecule has 3 rings (SSSR count). The van der Waals surface area contributed by atoms with E-state index in [0.29, 0.717) is 30.2 Å². The average Bonchev–Trinajstić information content (AvgIpc) is 3.13. The fraction of sp³-hybridized carbons (Fsp3) is 0.375. The Morgan fingerprint density at radius 2 is 2.25 bits per heavy atom. The van der Waals surface area contributed by atoms with Crippen molar-refractivity contribution < 1.29 is 14.1 Å². The number of carbonyl (C=O) groups excluding carboxylic acids is 1. The first-order valence-corrected chi connectivity index (χ1v) is 7.67. The molecule has 0 aromatic carbocycles. The van der Waals surface area contributed by atoms with Crippen LogP contribution in [-0.4, -0.2) is 39.8 Å². The number of furan rings is 1. The lowest BCUT2D eigenvalue weighted by atomic mass is 10.2. The highest BCUT2D eigenvalue weighted by Crippen LogP contribution is 2.21. The quantitative estimate of drug-likeness (QED) is 0.683. The lowest BCUT2D eigenvalue weighted by Gasteiger charge is -2.17. The van der Waals surface area contributed by atoms with Crippen molar-refractivity contribution in [3.05, 3.63) is 51.6 Å². The molecule has 24 heavy (non-hydrogen) atoms. The smallest absolute Gasteiger partial charge is 0.287 e. The van der Waals surface area contributed by atoms with E-state index >= 15 is 0 Å². The summed E-state index contributed by atoms with van der Waals surface area (Å²) in [5, 5.41) is 13.8. The molecule has 0 saturated carbocycles. The molecule has 8 nitrogen and oxygen atoms in total. The first-order chi connectivity index (χ1) is 11.4. The third kappa shape index (κ3) is 3.22. The number of anilines is 1. The molecule has 0 radical (unpaired) electrons. The normalized spacial score (nSPS) is 17.1. The Hall–Kier alpha value is -2.90. The van der Waals surface area contributed by atoms with Crippen molar-refractivity contribution in [2.75, 3.05) is 18.4 Å². The Balaban J connectivity index is 1.62. The Labute approximate surface area is 138 Å². The van der Waals surface area contributed by atoms with Crippen LogP contribution in [-0.2, 0) is 0 Å². The van der Waals surface area contributed by atoms with Gasteiger partial charge < -0.3 is 14.6 Å². The molecule has 0 aliphatic carbocycles. The number of aryl methyl sites for hydroxylation is 2. The number of likely N-dealkylation sites (tertiary alicyclic amines) is 1. The number of rotatable bonds is 4. The molecule has 3 heterocycles. The number of nitrogens with zero attached hydrogens (tertiary/aromatic N) is 3. The van der Waals surface area contributed by atoms with Gasteiger partial charge in [0.1, 0.15) is 23.5 Å². The van der Waals surface area contributed by atoms with E-state index in [9.17, 15) is 14.9 Å². The molecule has 1 fully saturated rings. The number of hydrogen-bond acceptors (Lipinski definition) is 6. The summed E-state index contributed by atoms with van der Waals surface area (Å²) in [6.07, 6.45) is 2.01. The summed E-state index contributed by atoms with van der Waals surface area (Å²) in [5.41, 5.74) is 0.552. The Bertz CT molecular complexity index is 769. The van der Waals surface area contributed by atoms with Gasteiger partial charge in [-0.25, -0.2) is 4.98 Å². The van der Waals surface area contributed by atoms with E-state index in [1.54, 1.807) is 24.0 Å². The Morgan fingerprint density at radius 3 is 2.83 bits per heavy atom. The molecule has 0 bridgehead atoms. The maximum atomic E-state index is 12.5. The van der Waals surface area contributed by atoms with Crippen LogP contribution >= 0.6 is 0 Å². The molecule has 1 unspecified atom stereocenters. The van der Waals surface area contributed by atoms with Crippen molar-refractivity contribution in [2.45, 2.75) is 26.3 Å². The van der Waals surface area contributed by atoms with Gasteiger partial charge in [-0.05, 0) is 32.4 Å². The molecule has 1 aliphatic rings. The zero-order valence-electron chi connectivity index (χ0n) is 13.5. The molecule has 1 aliphatic heterocycles. The van der Waals surface area contributed by atoms with Gasteiger partial charge in [0.15, 0.2) is 0 Å². The van der Waals surface area contributed by atoms with Crippen LogP contribution in [0, 0.1) is 24.0 Å². The van der Waals surface area contributed by atoms with E-state index in [-0.39, 0.29) is 17.6 Å². The van der Waals surface area contributed by atoms with Crippen LogP contribution in [0.2, 0.25) is 0 Å². The van der Waals surface area contributed by atoms with Crippen LogP contribution in [0.15, 0.2) is 28.8 Å². The van der Waals surface area contributed by atoms with E-state index in [1.165, 1.54) is 12.3 Å². The second kappa shape index (κ2) is 6.31. The zero-order chi connectivity index (χ0) is 17.3. The van der Waals surface area contributed by atoms with Crippen LogP contribution in [0.25, 0.3) is 0 Å². The van der Waals surface area contributed by atoms with Crippen molar-refractivity contribution >= 4 is 17.4 Å². The molecular weight excluding hydrogens is 312 g/mol. The molecule has 1 saturated heterocycles. The topological polar surface area (TPSA) is 102 Å². The number of nitrogens with one attached hydrogen (secondary N) is 1. The highest BCUT2D eigenvalue weighted by Gasteiger charge is 2.29. The van der Waals surface area contributed by atoms with Gasteiger partial charge in [0.2, 0.25) is 0 Å². The van der Waals surface area contributed by atoms with Crippen molar-refractivity contribution in [3.63, 3.8) is 0 Å². The Kier molecular flexibility index (Phi) is 4.20. The van der Waals surface area contributed by atoms with Crippen molar-refractivity contribution in [3.8, 4) is 0 Å². The summed E-state index contributed by atoms with van der Waals surface area (Å²) < 4.78 is 5.42. The summed E-state index contributed by atoms with van der Waals surface area (Å²) >= 11 is 0. The SMILES string of the molecule is Cc1cc(C(=O)N2CCC(Nc3ccc([N+](=O)[O-])cn3)C2)c(C)o1. The van der Waals surface area contributed by atoms with Gasteiger partial charge in [0.25, 0.3) is 11.6 Å². The number of amides is 1. The summed E-state index contributed by atoms with van der Waals surface area (Å²) in [5.74, 6) is 1.88. The highest BCUT2D eigenvalue weighted by molar-refractivity contribution is 5.95. The van der Waals surface area contributed by atoms with E-state index in [4.69, 9.17) is 4.42 Å². The minimum atomic E-state index is -0.484. The summed E-state index contributed by atoms with van der Waals surface area (Å²) in [6.45, 7) is 4.81. The molecule has 2 aromatic rings. The lowest BCUT2D eigenvalue weighted by molar-refractivity contribution is -0.385. The third-order valence-corrected chi connectivity index (χ3v) is 4.06. The van der Waals surface area contributed by atoms with Gasteiger partial charge in [-0.2, -0.15) is 0 Å². The second-order valence-electron chi connectivity index (χ2n) is 5.87. The zero-order valence-corrected chi connectivity index (χ0v) is 13.5. The van der Waals surface area contributed by atoms with E-state index in [1.807, 2.05) is 6.92 Å². The van der Waals surface area contributed by atoms with Gasteiger partial charge in [-0.15, -0.1) is 0 Å². The monoisotopic (exact) mass is 330 g/mol.